The highest BCUT2D eigenvalue weighted by Gasteiger charge is 2.06. The summed E-state index contributed by atoms with van der Waals surface area (Å²) in [6, 6.07) is 22.1. The summed E-state index contributed by atoms with van der Waals surface area (Å²) in [5.41, 5.74) is 4.25. The van der Waals surface area contributed by atoms with Gasteiger partial charge in [-0.15, -0.1) is 11.8 Å². The lowest BCUT2D eigenvalue weighted by atomic mass is 10.1. The number of rotatable bonds is 6. The maximum Gasteiger partial charge on any atom is 0.181 e. The number of hydrogen-bond donors (Lipinski definition) is 0. The van der Waals surface area contributed by atoms with Crippen LogP contribution in [0.3, 0.4) is 0 Å². The summed E-state index contributed by atoms with van der Waals surface area (Å²) in [6.07, 6.45) is 0. The lowest BCUT2D eigenvalue weighted by molar-refractivity contribution is 0.306. The van der Waals surface area contributed by atoms with Crippen LogP contribution in [0.2, 0.25) is 0 Å². The Kier molecular flexibility index (Phi) is 5.67. The fraction of sp³-hybridized carbons (Fsp3) is 0.182. The number of thioether (sulfide) groups is 1. The summed E-state index contributed by atoms with van der Waals surface area (Å²) >= 11 is 1.76. The molecule has 0 aliphatic heterocycles. The number of benzene rings is 3. The molecule has 2 nitrogen and oxygen atoms in total. The minimum Gasteiger partial charge on any atom is -0.489 e. The molecule has 3 aromatic carbocycles. The Balaban J connectivity index is 1.57. The Labute approximate surface area is 153 Å². The Morgan fingerprint density at radius 3 is 2.28 bits per heavy atom. The van der Waals surface area contributed by atoms with Crippen molar-refractivity contribution < 1.29 is 9.84 Å². The van der Waals surface area contributed by atoms with E-state index in [1.807, 2.05) is 50.2 Å². The predicted octanol–water partition coefficient (Wildman–Crippen LogP) is 6.32. The van der Waals surface area contributed by atoms with Crippen LogP contribution in [0.5, 0.6) is 11.5 Å². The Morgan fingerprint density at radius 1 is 0.840 bits per heavy atom. The van der Waals surface area contributed by atoms with Gasteiger partial charge in [0.05, 0.1) is 0 Å². The first-order valence-corrected chi connectivity index (χ1v) is 9.27. The number of ether oxygens (including phenoxy) is 1. The van der Waals surface area contributed by atoms with Gasteiger partial charge in [-0.05, 0) is 60.4 Å². The van der Waals surface area contributed by atoms with Gasteiger partial charge in [-0.25, -0.2) is 0 Å². The molecule has 0 heterocycles. The van der Waals surface area contributed by atoms with Crippen LogP contribution in [0.1, 0.15) is 22.3 Å². The fourth-order valence-electron chi connectivity index (χ4n) is 2.50. The van der Waals surface area contributed by atoms with Crippen LogP contribution in [0.25, 0.3) is 0 Å². The van der Waals surface area contributed by atoms with E-state index < -0.39 is 0 Å². The van der Waals surface area contributed by atoms with E-state index in [9.17, 15) is 5.11 Å². The van der Waals surface area contributed by atoms with E-state index >= 15 is 0 Å². The lowest BCUT2D eigenvalue weighted by Gasteiger charge is -2.09. The molecule has 0 saturated carbocycles. The van der Waals surface area contributed by atoms with Gasteiger partial charge in [-0.1, -0.05) is 42.5 Å². The van der Waals surface area contributed by atoms with Gasteiger partial charge in [0.1, 0.15) is 12.4 Å². The van der Waals surface area contributed by atoms with E-state index in [4.69, 9.17) is 4.74 Å². The van der Waals surface area contributed by atoms with E-state index in [0.29, 0.717) is 6.61 Å². The molecule has 0 unspecified atom stereocenters. The van der Waals surface area contributed by atoms with Gasteiger partial charge in [-0.3, -0.25) is 5.11 Å². The summed E-state index contributed by atoms with van der Waals surface area (Å²) in [5.74, 6) is 1.86. The molecule has 3 heteroatoms. The average Bonchev–Trinajstić information content (AvgIpc) is 2.64. The SMILES string of the molecule is Cc1cc(SCc2ccc(OCc3ccccc3)cc2)c(C)cc1[O]. The quantitative estimate of drug-likeness (QED) is 0.487. The number of hydrogen-bond acceptors (Lipinski definition) is 2. The maximum absolute atomic E-state index is 11.6. The normalized spacial score (nSPS) is 10.6. The van der Waals surface area contributed by atoms with Crippen LogP contribution in [-0.4, -0.2) is 0 Å². The van der Waals surface area contributed by atoms with Crippen LogP contribution in [-0.2, 0) is 17.5 Å². The average molecular weight is 349 g/mol. The van der Waals surface area contributed by atoms with E-state index in [1.54, 1.807) is 17.8 Å². The molecule has 0 bridgehead atoms. The molecular formula is C22H21O2S. The van der Waals surface area contributed by atoms with E-state index in [2.05, 4.69) is 24.3 Å². The third-order valence-electron chi connectivity index (χ3n) is 4.04. The molecule has 0 aliphatic rings. The van der Waals surface area contributed by atoms with Crippen LogP contribution in [0.15, 0.2) is 71.6 Å². The zero-order valence-electron chi connectivity index (χ0n) is 14.5. The first-order valence-electron chi connectivity index (χ1n) is 8.28. The second kappa shape index (κ2) is 8.13. The zero-order chi connectivity index (χ0) is 17.6. The highest BCUT2D eigenvalue weighted by molar-refractivity contribution is 7.98. The molecule has 3 aromatic rings. The minimum absolute atomic E-state index is 0.113. The molecule has 0 atom stereocenters. The molecule has 25 heavy (non-hydrogen) atoms. The fourth-order valence-corrected chi connectivity index (χ4v) is 3.56. The molecule has 3 rings (SSSR count). The predicted molar refractivity (Wildman–Crippen MR) is 103 cm³/mol. The van der Waals surface area contributed by atoms with Crippen LogP contribution in [0, 0.1) is 13.8 Å². The van der Waals surface area contributed by atoms with Gasteiger partial charge in [0, 0.05) is 10.6 Å². The van der Waals surface area contributed by atoms with Crippen molar-refractivity contribution in [3.05, 3.63) is 89.0 Å². The summed E-state index contributed by atoms with van der Waals surface area (Å²) in [5, 5.41) is 11.6. The summed E-state index contributed by atoms with van der Waals surface area (Å²) < 4.78 is 5.82. The number of aryl methyl sites for hydroxylation is 2. The first kappa shape index (κ1) is 17.4. The lowest BCUT2D eigenvalue weighted by Crippen LogP contribution is -1.95. The van der Waals surface area contributed by atoms with Gasteiger partial charge >= 0.3 is 0 Å². The van der Waals surface area contributed by atoms with Crippen molar-refractivity contribution in [3.63, 3.8) is 0 Å². The third kappa shape index (κ3) is 4.80. The van der Waals surface area contributed by atoms with Crippen molar-refractivity contribution in [3.8, 4) is 11.5 Å². The van der Waals surface area contributed by atoms with Crippen molar-refractivity contribution in [2.75, 3.05) is 0 Å². The molecule has 0 amide bonds. The molecule has 0 N–H and O–H groups in total. The van der Waals surface area contributed by atoms with Crippen molar-refractivity contribution >= 4 is 11.8 Å². The monoisotopic (exact) mass is 349 g/mol. The standard InChI is InChI=1S/C22H21O2S/c1-16-13-22(17(2)12-21(16)23)25-15-19-8-10-20(11-9-19)24-14-18-6-4-3-5-7-18/h3-13H,14-15H2,1-2H3. The van der Waals surface area contributed by atoms with Crippen molar-refractivity contribution in [1.82, 2.24) is 0 Å². The summed E-state index contributed by atoms with van der Waals surface area (Å²) in [4.78, 5) is 1.17. The second-order valence-corrected chi connectivity index (χ2v) is 7.11. The highest BCUT2D eigenvalue weighted by atomic mass is 32.2. The van der Waals surface area contributed by atoms with Gasteiger partial charge < -0.3 is 4.74 Å². The Hall–Kier alpha value is -2.39. The Morgan fingerprint density at radius 2 is 1.56 bits per heavy atom. The van der Waals surface area contributed by atoms with E-state index in [0.717, 1.165) is 28.2 Å². The molecule has 0 fully saturated rings. The van der Waals surface area contributed by atoms with Crippen molar-refractivity contribution in [2.45, 2.75) is 31.1 Å². The molecule has 127 valence electrons. The zero-order valence-corrected chi connectivity index (χ0v) is 15.3. The van der Waals surface area contributed by atoms with Gasteiger partial charge in [0.15, 0.2) is 5.75 Å². The molecule has 0 saturated heterocycles. The molecule has 0 aromatic heterocycles. The Bertz CT molecular complexity index is 827. The second-order valence-electron chi connectivity index (χ2n) is 6.09. The van der Waals surface area contributed by atoms with Crippen molar-refractivity contribution in [1.29, 1.82) is 0 Å². The van der Waals surface area contributed by atoms with Gasteiger partial charge in [0.2, 0.25) is 0 Å². The smallest absolute Gasteiger partial charge is 0.181 e. The van der Waals surface area contributed by atoms with Crippen LogP contribution in [0.4, 0.5) is 0 Å². The molecule has 0 spiro atoms. The maximum atomic E-state index is 11.6. The summed E-state index contributed by atoms with van der Waals surface area (Å²) in [6.45, 7) is 4.43. The summed E-state index contributed by atoms with van der Waals surface area (Å²) in [7, 11) is 0. The largest absolute Gasteiger partial charge is 0.489 e. The van der Waals surface area contributed by atoms with Crippen LogP contribution >= 0.6 is 11.8 Å². The minimum atomic E-state index is 0.113. The molecule has 0 aliphatic carbocycles. The molecular weight excluding hydrogens is 328 g/mol. The highest BCUT2D eigenvalue weighted by Crippen LogP contribution is 2.31. The van der Waals surface area contributed by atoms with E-state index in [-0.39, 0.29) is 5.75 Å². The van der Waals surface area contributed by atoms with Gasteiger partial charge in [-0.2, -0.15) is 0 Å². The van der Waals surface area contributed by atoms with Crippen molar-refractivity contribution in [2.24, 2.45) is 0 Å². The first-order chi connectivity index (χ1) is 12.1. The third-order valence-corrected chi connectivity index (χ3v) is 5.27. The van der Waals surface area contributed by atoms with E-state index in [1.165, 1.54) is 10.5 Å². The van der Waals surface area contributed by atoms with Gasteiger partial charge in [0.25, 0.3) is 0 Å². The topological polar surface area (TPSA) is 29.1 Å². The van der Waals surface area contributed by atoms with Crippen LogP contribution < -0.4 is 4.74 Å². The molecule has 1 radical (unpaired) electrons.